The van der Waals surface area contributed by atoms with Gasteiger partial charge in [0.25, 0.3) is 0 Å². The van der Waals surface area contributed by atoms with E-state index in [0.29, 0.717) is 6.17 Å². The first-order valence-electron chi connectivity index (χ1n) is 10.7. The van der Waals surface area contributed by atoms with Crippen LogP contribution in [0, 0.1) is 0 Å². The van der Waals surface area contributed by atoms with Gasteiger partial charge in [0.2, 0.25) is 0 Å². The highest BCUT2D eigenvalue weighted by Crippen LogP contribution is 2.29. The maximum atomic E-state index is 12.5. The van der Waals surface area contributed by atoms with E-state index in [1.807, 2.05) is 35.0 Å². The molecule has 1 N–H and O–H groups in total. The Balaban J connectivity index is 1.29. The van der Waals surface area contributed by atoms with Crippen molar-refractivity contribution in [1.82, 2.24) is 29.3 Å². The second-order valence-corrected chi connectivity index (χ2v) is 8.23. The number of fused-ring (bicyclic) bond motifs is 1. The van der Waals surface area contributed by atoms with E-state index in [1.165, 1.54) is 19.3 Å². The lowest BCUT2D eigenvalue weighted by Gasteiger charge is -2.45. The Morgan fingerprint density at radius 3 is 2.72 bits per heavy atom. The van der Waals surface area contributed by atoms with Crippen LogP contribution < -0.4 is 5.69 Å². The highest BCUT2D eigenvalue weighted by Gasteiger charge is 2.32. The van der Waals surface area contributed by atoms with Crippen molar-refractivity contribution < 1.29 is 0 Å². The number of imidazole rings is 1. The van der Waals surface area contributed by atoms with Crippen LogP contribution in [0.4, 0.5) is 0 Å². The van der Waals surface area contributed by atoms with Gasteiger partial charge >= 0.3 is 5.69 Å². The first kappa shape index (κ1) is 18.5. The SMILES string of the molecule is O=c1[nH]c2ccccc2n1C1CCN(C2CCCCN2Cc2cnccn2)CC1. The largest absolute Gasteiger partial charge is 0.326 e. The van der Waals surface area contributed by atoms with Crippen LogP contribution in [-0.2, 0) is 6.54 Å². The van der Waals surface area contributed by atoms with E-state index in [0.717, 1.165) is 55.7 Å². The smallest absolute Gasteiger partial charge is 0.306 e. The fraction of sp³-hybridized carbons (Fsp3) is 0.500. The van der Waals surface area contributed by atoms with Crippen LogP contribution in [0.25, 0.3) is 11.0 Å². The van der Waals surface area contributed by atoms with Gasteiger partial charge < -0.3 is 4.98 Å². The van der Waals surface area contributed by atoms with E-state index in [9.17, 15) is 4.79 Å². The molecule has 7 heteroatoms. The zero-order valence-corrected chi connectivity index (χ0v) is 16.7. The summed E-state index contributed by atoms with van der Waals surface area (Å²) in [6, 6.07) is 8.28. The maximum Gasteiger partial charge on any atom is 0.326 e. The van der Waals surface area contributed by atoms with Gasteiger partial charge in [-0.05, 0) is 44.2 Å². The Morgan fingerprint density at radius 2 is 1.90 bits per heavy atom. The standard InChI is InChI=1S/C22H28N6O/c29-22-25-19-5-1-2-6-20(19)28(22)18-8-13-26(14-9-18)21-7-3-4-12-27(21)16-17-15-23-10-11-24-17/h1-2,5-6,10-11,15,18,21H,3-4,7-9,12-14,16H2,(H,25,29). The van der Waals surface area contributed by atoms with Gasteiger partial charge in [-0.15, -0.1) is 0 Å². The van der Waals surface area contributed by atoms with Crippen LogP contribution in [0.1, 0.15) is 43.8 Å². The molecule has 4 heterocycles. The minimum atomic E-state index is 0.0200. The third-order valence-electron chi connectivity index (χ3n) is 6.47. The lowest BCUT2D eigenvalue weighted by Crippen LogP contribution is -2.53. The number of aromatic nitrogens is 4. The molecule has 0 spiro atoms. The number of benzene rings is 1. The molecule has 2 fully saturated rings. The number of aromatic amines is 1. The third-order valence-corrected chi connectivity index (χ3v) is 6.47. The van der Waals surface area contributed by atoms with E-state index < -0.39 is 0 Å². The molecular weight excluding hydrogens is 364 g/mol. The average molecular weight is 393 g/mol. The molecule has 1 atom stereocenters. The van der Waals surface area contributed by atoms with Crippen molar-refractivity contribution >= 4 is 11.0 Å². The molecule has 2 aromatic heterocycles. The van der Waals surface area contributed by atoms with Crippen LogP contribution in [0.5, 0.6) is 0 Å². The third kappa shape index (κ3) is 3.72. The predicted molar refractivity (Wildman–Crippen MR) is 112 cm³/mol. The van der Waals surface area contributed by atoms with Crippen molar-refractivity contribution in [2.45, 2.75) is 50.9 Å². The normalized spacial score (nSPS) is 22.3. The maximum absolute atomic E-state index is 12.5. The van der Waals surface area contributed by atoms with E-state index in [1.54, 1.807) is 12.4 Å². The van der Waals surface area contributed by atoms with E-state index in [2.05, 4.69) is 24.8 Å². The topological polar surface area (TPSA) is 70.1 Å². The van der Waals surface area contributed by atoms with Gasteiger partial charge in [-0.25, -0.2) is 4.79 Å². The summed E-state index contributed by atoms with van der Waals surface area (Å²) in [4.78, 5) is 29.4. The van der Waals surface area contributed by atoms with E-state index in [-0.39, 0.29) is 11.7 Å². The molecule has 0 bridgehead atoms. The first-order chi connectivity index (χ1) is 14.3. The minimum Gasteiger partial charge on any atom is -0.306 e. The molecular formula is C22H28N6O. The molecule has 0 amide bonds. The van der Waals surface area contributed by atoms with Gasteiger partial charge in [-0.1, -0.05) is 12.1 Å². The number of H-pyrrole nitrogens is 1. The number of nitrogens with one attached hydrogen (secondary N) is 1. The summed E-state index contributed by atoms with van der Waals surface area (Å²) in [5, 5.41) is 0. The molecule has 2 saturated heterocycles. The monoisotopic (exact) mass is 392 g/mol. The predicted octanol–water partition coefficient (Wildman–Crippen LogP) is 2.77. The zero-order chi connectivity index (χ0) is 19.6. The Morgan fingerprint density at radius 1 is 1.03 bits per heavy atom. The van der Waals surface area contributed by atoms with Crippen LogP contribution in [0.15, 0.2) is 47.7 Å². The quantitative estimate of drug-likeness (QED) is 0.739. The fourth-order valence-corrected chi connectivity index (χ4v) is 5.07. The van der Waals surface area contributed by atoms with E-state index in [4.69, 9.17) is 0 Å². The summed E-state index contributed by atoms with van der Waals surface area (Å²) in [6.07, 6.45) is 11.6. The van der Waals surface area contributed by atoms with Crippen LogP contribution >= 0.6 is 0 Å². The summed E-state index contributed by atoms with van der Waals surface area (Å²) in [7, 11) is 0. The molecule has 2 aliphatic heterocycles. The Hall–Kier alpha value is -2.51. The fourth-order valence-electron chi connectivity index (χ4n) is 5.07. The van der Waals surface area contributed by atoms with Crippen LogP contribution in [0.3, 0.4) is 0 Å². The lowest BCUT2D eigenvalue weighted by molar-refractivity contribution is -0.00999. The molecule has 0 radical (unpaired) electrons. The molecule has 152 valence electrons. The second-order valence-electron chi connectivity index (χ2n) is 8.23. The average Bonchev–Trinajstić information content (AvgIpc) is 3.11. The Labute approximate surface area is 170 Å². The van der Waals surface area contributed by atoms with Gasteiger partial charge in [0.05, 0.1) is 22.9 Å². The van der Waals surface area contributed by atoms with Crippen molar-refractivity contribution in [3.63, 3.8) is 0 Å². The van der Waals surface area contributed by atoms with Crippen molar-refractivity contribution in [3.8, 4) is 0 Å². The molecule has 0 aliphatic carbocycles. The molecule has 1 unspecified atom stereocenters. The van der Waals surface area contributed by atoms with Crippen LogP contribution in [0.2, 0.25) is 0 Å². The molecule has 7 nitrogen and oxygen atoms in total. The second kappa shape index (κ2) is 8.08. The molecule has 29 heavy (non-hydrogen) atoms. The lowest BCUT2D eigenvalue weighted by atomic mass is 10.00. The van der Waals surface area contributed by atoms with Gasteiger partial charge in [-0.3, -0.25) is 24.3 Å². The van der Waals surface area contributed by atoms with Crippen molar-refractivity contribution in [1.29, 1.82) is 0 Å². The number of para-hydroxylation sites is 2. The zero-order valence-electron chi connectivity index (χ0n) is 16.7. The summed E-state index contributed by atoms with van der Waals surface area (Å²) < 4.78 is 1.98. The van der Waals surface area contributed by atoms with Gasteiger partial charge in [0.15, 0.2) is 0 Å². The van der Waals surface area contributed by atoms with Crippen LogP contribution in [-0.4, -0.2) is 55.1 Å². The summed E-state index contributed by atoms with van der Waals surface area (Å²) in [5.41, 5.74) is 3.02. The summed E-state index contributed by atoms with van der Waals surface area (Å²) in [5.74, 6) is 0. The molecule has 5 rings (SSSR count). The van der Waals surface area contributed by atoms with Crippen molar-refractivity contribution in [2.75, 3.05) is 19.6 Å². The van der Waals surface area contributed by atoms with Crippen molar-refractivity contribution in [2.24, 2.45) is 0 Å². The highest BCUT2D eigenvalue weighted by atomic mass is 16.1. The van der Waals surface area contributed by atoms with Crippen molar-refractivity contribution in [3.05, 3.63) is 59.0 Å². The number of piperidine rings is 2. The Kier molecular flexibility index (Phi) is 5.16. The van der Waals surface area contributed by atoms with Gasteiger partial charge in [0, 0.05) is 50.8 Å². The molecule has 2 aliphatic rings. The number of hydrogen-bond acceptors (Lipinski definition) is 5. The number of rotatable bonds is 4. The summed E-state index contributed by atoms with van der Waals surface area (Å²) >= 11 is 0. The molecule has 3 aromatic rings. The minimum absolute atomic E-state index is 0.0200. The number of nitrogens with zero attached hydrogens (tertiary/aromatic N) is 5. The van der Waals surface area contributed by atoms with Gasteiger partial charge in [-0.2, -0.15) is 0 Å². The van der Waals surface area contributed by atoms with E-state index >= 15 is 0 Å². The highest BCUT2D eigenvalue weighted by molar-refractivity contribution is 5.75. The van der Waals surface area contributed by atoms with Gasteiger partial charge in [0.1, 0.15) is 0 Å². The molecule has 1 aromatic carbocycles. The first-order valence-corrected chi connectivity index (χ1v) is 10.7. The Bertz CT molecular complexity index is 1000. The summed E-state index contributed by atoms with van der Waals surface area (Å²) in [6.45, 7) is 4.03. The molecule has 0 saturated carbocycles. The number of hydrogen-bond donors (Lipinski definition) is 1. The number of likely N-dealkylation sites (tertiary alicyclic amines) is 2.